The second-order valence-electron chi connectivity index (χ2n) is 4.58. The standard InChI is InChI=1S/C12H20N6/c1-9(11-13-5-6-14-11)15-7-10-8-16-12(17(2)3)18(10)4/h5-6,8-9,15H,7H2,1-4H3,(H,13,14). The number of rotatable bonds is 5. The minimum Gasteiger partial charge on any atom is -0.348 e. The van der Waals surface area contributed by atoms with Crippen molar-refractivity contribution < 1.29 is 0 Å². The Morgan fingerprint density at radius 1 is 1.44 bits per heavy atom. The fourth-order valence-electron chi connectivity index (χ4n) is 1.88. The first-order chi connectivity index (χ1) is 8.59. The van der Waals surface area contributed by atoms with E-state index in [4.69, 9.17) is 0 Å². The molecule has 18 heavy (non-hydrogen) atoms. The lowest BCUT2D eigenvalue weighted by Gasteiger charge is -2.14. The van der Waals surface area contributed by atoms with Gasteiger partial charge in [0.25, 0.3) is 0 Å². The van der Waals surface area contributed by atoms with Crippen molar-refractivity contribution in [2.75, 3.05) is 19.0 Å². The highest BCUT2D eigenvalue weighted by Crippen LogP contribution is 2.12. The zero-order chi connectivity index (χ0) is 13.1. The Bertz CT molecular complexity index is 485. The van der Waals surface area contributed by atoms with Crippen molar-refractivity contribution in [2.24, 2.45) is 7.05 Å². The number of H-pyrrole nitrogens is 1. The average Bonchev–Trinajstić information content (AvgIpc) is 2.95. The van der Waals surface area contributed by atoms with E-state index in [-0.39, 0.29) is 6.04 Å². The van der Waals surface area contributed by atoms with Crippen molar-refractivity contribution >= 4 is 5.95 Å². The molecule has 0 amide bonds. The van der Waals surface area contributed by atoms with Crippen LogP contribution >= 0.6 is 0 Å². The molecule has 2 N–H and O–H groups in total. The van der Waals surface area contributed by atoms with E-state index in [1.54, 1.807) is 6.20 Å². The van der Waals surface area contributed by atoms with Crippen molar-refractivity contribution in [3.05, 3.63) is 30.1 Å². The second kappa shape index (κ2) is 5.22. The van der Waals surface area contributed by atoms with Gasteiger partial charge in [0.2, 0.25) is 5.95 Å². The van der Waals surface area contributed by atoms with Crippen molar-refractivity contribution in [3.63, 3.8) is 0 Å². The van der Waals surface area contributed by atoms with E-state index in [9.17, 15) is 0 Å². The molecule has 0 radical (unpaired) electrons. The van der Waals surface area contributed by atoms with Gasteiger partial charge in [0.15, 0.2) is 0 Å². The van der Waals surface area contributed by atoms with Gasteiger partial charge in [-0.15, -0.1) is 0 Å². The SMILES string of the molecule is CC(NCc1cnc(N(C)C)n1C)c1ncc[nH]1. The van der Waals surface area contributed by atoms with Crippen LogP contribution in [-0.2, 0) is 13.6 Å². The van der Waals surface area contributed by atoms with Crippen LogP contribution in [0.4, 0.5) is 5.95 Å². The van der Waals surface area contributed by atoms with Gasteiger partial charge in [-0.25, -0.2) is 9.97 Å². The van der Waals surface area contributed by atoms with Crippen LogP contribution < -0.4 is 10.2 Å². The summed E-state index contributed by atoms with van der Waals surface area (Å²) in [6.07, 6.45) is 5.50. The van der Waals surface area contributed by atoms with E-state index in [2.05, 4.69) is 31.8 Å². The van der Waals surface area contributed by atoms with Crippen LogP contribution in [0.1, 0.15) is 24.5 Å². The first kappa shape index (κ1) is 12.6. The molecular formula is C12H20N6. The molecule has 1 unspecified atom stereocenters. The van der Waals surface area contributed by atoms with Crippen LogP contribution in [0, 0.1) is 0 Å². The summed E-state index contributed by atoms with van der Waals surface area (Å²) in [6.45, 7) is 2.85. The highest BCUT2D eigenvalue weighted by molar-refractivity contribution is 5.30. The van der Waals surface area contributed by atoms with Crippen molar-refractivity contribution in [3.8, 4) is 0 Å². The van der Waals surface area contributed by atoms with E-state index in [1.807, 2.05) is 38.4 Å². The van der Waals surface area contributed by atoms with Gasteiger partial charge in [0, 0.05) is 40.1 Å². The molecular weight excluding hydrogens is 228 g/mol. The molecule has 0 saturated carbocycles. The molecule has 6 nitrogen and oxygen atoms in total. The minimum absolute atomic E-state index is 0.192. The number of aromatic nitrogens is 4. The first-order valence-corrected chi connectivity index (χ1v) is 6.00. The van der Waals surface area contributed by atoms with Crippen LogP contribution in [0.2, 0.25) is 0 Å². The Labute approximate surface area is 107 Å². The smallest absolute Gasteiger partial charge is 0.204 e. The molecule has 1 atom stereocenters. The van der Waals surface area contributed by atoms with E-state index in [0.29, 0.717) is 0 Å². The molecule has 2 rings (SSSR count). The molecule has 0 aliphatic heterocycles. The maximum absolute atomic E-state index is 4.38. The fraction of sp³-hybridized carbons (Fsp3) is 0.500. The first-order valence-electron chi connectivity index (χ1n) is 6.00. The van der Waals surface area contributed by atoms with Crippen LogP contribution in [0.5, 0.6) is 0 Å². The number of anilines is 1. The number of aromatic amines is 1. The lowest BCUT2D eigenvalue weighted by molar-refractivity contribution is 0.537. The maximum atomic E-state index is 4.38. The number of nitrogens with one attached hydrogen (secondary N) is 2. The van der Waals surface area contributed by atoms with Gasteiger partial charge in [0.1, 0.15) is 5.82 Å². The Kier molecular flexibility index (Phi) is 3.66. The molecule has 0 aromatic carbocycles. The molecule has 0 fully saturated rings. The molecule has 0 bridgehead atoms. The van der Waals surface area contributed by atoms with Gasteiger partial charge in [-0.3, -0.25) is 0 Å². The third-order valence-electron chi connectivity index (χ3n) is 2.98. The number of hydrogen-bond acceptors (Lipinski definition) is 4. The Hall–Kier alpha value is -1.82. The summed E-state index contributed by atoms with van der Waals surface area (Å²) in [6, 6.07) is 0.192. The summed E-state index contributed by atoms with van der Waals surface area (Å²) in [4.78, 5) is 13.7. The highest BCUT2D eigenvalue weighted by atomic mass is 15.3. The normalized spacial score (nSPS) is 12.7. The lowest BCUT2D eigenvalue weighted by atomic mass is 10.3. The molecule has 2 aromatic rings. The Balaban J connectivity index is 1.98. The second-order valence-corrected chi connectivity index (χ2v) is 4.58. The quantitative estimate of drug-likeness (QED) is 0.830. The van der Waals surface area contributed by atoms with Crippen LogP contribution in [0.15, 0.2) is 18.6 Å². The molecule has 0 spiro atoms. The van der Waals surface area contributed by atoms with Gasteiger partial charge in [-0.2, -0.15) is 0 Å². The van der Waals surface area contributed by atoms with Gasteiger partial charge in [0.05, 0.1) is 17.9 Å². The van der Waals surface area contributed by atoms with E-state index >= 15 is 0 Å². The lowest BCUT2D eigenvalue weighted by Crippen LogP contribution is -2.21. The third-order valence-corrected chi connectivity index (χ3v) is 2.98. The van der Waals surface area contributed by atoms with Gasteiger partial charge in [-0.05, 0) is 6.92 Å². The molecule has 98 valence electrons. The maximum Gasteiger partial charge on any atom is 0.204 e. The molecule has 0 saturated heterocycles. The predicted molar refractivity (Wildman–Crippen MR) is 71.4 cm³/mol. The molecule has 2 heterocycles. The van der Waals surface area contributed by atoms with E-state index in [0.717, 1.165) is 24.0 Å². The van der Waals surface area contributed by atoms with E-state index in [1.165, 1.54) is 0 Å². The van der Waals surface area contributed by atoms with Gasteiger partial charge < -0.3 is 19.8 Å². The molecule has 6 heteroatoms. The number of imidazole rings is 2. The van der Waals surface area contributed by atoms with E-state index < -0.39 is 0 Å². The summed E-state index contributed by atoms with van der Waals surface area (Å²) >= 11 is 0. The van der Waals surface area contributed by atoms with Crippen LogP contribution in [0.25, 0.3) is 0 Å². The average molecular weight is 248 g/mol. The molecule has 0 aliphatic carbocycles. The summed E-state index contributed by atoms with van der Waals surface area (Å²) in [5.74, 6) is 1.91. The van der Waals surface area contributed by atoms with Crippen LogP contribution in [-0.4, -0.2) is 33.6 Å². The van der Waals surface area contributed by atoms with Crippen LogP contribution in [0.3, 0.4) is 0 Å². The monoisotopic (exact) mass is 248 g/mol. The largest absolute Gasteiger partial charge is 0.348 e. The Morgan fingerprint density at radius 3 is 2.78 bits per heavy atom. The zero-order valence-electron chi connectivity index (χ0n) is 11.3. The number of hydrogen-bond donors (Lipinski definition) is 2. The number of nitrogens with zero attached hydrogens (tertiary/aromatic N) is 4. The third kappa shape index (κ3) is 2.53. The fourth-order valence-corrected chi connectivity index (χ4v) is 1.88. The summed E-state index contributed by atoms with van der Waals surface area (Å²) in [7, 11) is 6.01. The molecule has 0 aliphatic rings. The Morgan fingerprint density at radius 2 is 2.22 bits per heavy atom. The van der Waals surface area contributed by atoms with Crippen molar-refractivity contribution in [1.82, 2.24) is 24.8 Å². The van der Waals surface area contributed by atoms with Crippen molar-refractivity contribution in [1.29, 1.82) is 0 Å². The summed E-state index contributed by atoms with van der Waals surface area (Å²) in [5, 5.41) is 3.42. The predicted octanol–water partition coefficient (Wildman–Crippen LogP) is 1.06. The van der Waals surface area contributed by atoms with Gasteiger partial charge in [-0.1, -0.05) is 0 Å². The van der Waals surface area contributed by atoms with Crippen molar-refractivity contribution in [2.45, 2.75) is 19.5 Å². The minimum atomic E-state index is 0.192. The molecule has 2 aromatic heterocycles. The summed E-state index contributed by atoms with van der Waals surface area (Å²) < 4.78 is 2.09. The topological polar surface area (TPSA) is 61.8 Å². The van der Waals surface area contributed by atoms with Gasteiger partial charge >= 0.3 is 0 Å². The summed E-state index contributed by atoms with van der Waals surface area (Å²) in [5.41, 5.74) is 1.15. The zero-order valence-corrected chi connectivity index (χ0v) is 11.3. The highest BCUT2D eigenvalue weighted by Gasteiger charge is 2.11.